The molecular weight excluding hydrogens is 260 g/mol. The third kappa shape index (κ3) is 16.6. The zero-order valence-electron chi connectivity index (χ0n) is 13.9. The molecule has 0 rings (SSSR count). The summed E-state index contributed by atoms with van der Waals surface area (Å²) in [5.74, 6) is -0.170. The van der Waals surface area contributed by atoms with Gasteiger partial charge in [-0.25, -0.2) is 0 Å². The number of carbonyl (C=O) groups is 1. The molecule has 0 aromatic rings. The normalized spacial score (nSPS) is 11.9. The number of allylic oxidation sites excluding steroid dienone is 5. The monoisotopic (exact) mass is 292 g/mol. The molecule has 0 N–H and O–H groups in total. The van der Waals surface area contributed by atoms with Crippen LogP contribution in [0.4, 0.5) is 0 Å². The van der Waals surface area contributed by atoms with Gasteiger partial charge in [0.25, 0.3) is 0 Å². The van der Waals surface area contributed by atoms with E-state index in [1.807, 2.05) is 6.08 Å². The molecular formula is C19H32O2. The zero-order chi connectivity index (χ0) is 15.6. The van der Waals surface area contributed by atoms with Gasteiger partial charge in [0, 0.05) is 0 Å². The number of esters is 1. The van der Waals surface area contributed by atoms with E-state index in [0.29, 0.717) is 6.42 Å². The summed E-state index contributed by atoms with van der Waals surface area (Å²) in [5, 5.41) is 0. The molecule has 0 saturated carbocycles. The Morgan fingerprint density at radius 3 is 1.86 bits per heavy atom. The van der Waals surface area contributed by atoms with E-state index in [2.05, 4.69) is 42.0 Å². The van der Waals surface area contributed by atoms with Crippen LogP contribution in [0.15, 0.2) is 36.5 Å². The first kappa shape index (κ1) is 19.7. The van der Waals surface area contributed by atoms with Gasteiger partial charge >= 0.3 is 5.97 Å². The third-order valence-corrected chi connectivity index (χ3v) is 3.25. The molecule has 120 valence electrons. The molecule has 0 radical (unpaired) electrons. The highest BCUT2D eigenvalue weighted by molar-refractivity contribution is 5.70. The van der Waals surface area contributed by atoms with Crippen LogP contribution in [0.2, 0.25) is 0 Å². The van der Waals surface area contributed by atoms with Crippen molar-refractivity contribution in [2.45, 2.75) is 71.1 Å². The maximum atomic E-state index is 10.9. The molecule has 2 nitrogen and oxygen atoms in total. The van der Waals surface area contributed by atoms with Gasteiger partial charge in [0.15, 0.2) is 0 Å². The average molecular weight is 292 g/mol. The molecule has 0 unspecified atom stereocenters. The number of hydrogen-bond acceptors (Lipinski definition) is 2. The quantitative estimate of drug-likeness (QED) is 0.245. The SMILES string of the molecule is CCCCC/C=C\C/C=C\CCCC/C=C\CC(=O)OC. The smallest absolute Gasteiger partial charge is 0.309 e. The Bertz CT molecular complexity index is 314. The summed E-state index contributed by atoms with van der Waals surface area (Å²) in [6.45, 7) is 2.24. The lowest BCUT2D eigenvalue weighted by Gasteiger charge is -1.94. The molecule has 0 aliphatic rings. The van der Waals surface area contributed by atoms with Crippen molar-refractivity contribution in [2.24, 2.45) is 0 Å². The first-order valence-electron chi connectivity index (χ1n) is 8.33. The molecule has 0 heterocycles. The minimum absolute atomic E-state index is 0.170. The van der Waals surface area contributed by atoms with Crippen LogP contribution >= 0.6 is 0 Å². The van der Waals surface area contributed by atoms with Gasteiger partial charge in [-0.1, -0.05) is 56.2 Å². The highest BCUT2D eigenvalue weighted by Crippen LogP contribution is 2.04. The average Bonchev–Trinajstić information content (AvgIpc) is 2.50. The standard InChI is InChI=1S/C19H32O2/c1-3-4-5-6-7-8-9-10-11-12-13-14-15-16-17-18-19(20)21-2/h7-8,10-11,16-17H,3-6,9,12-15,18H2,1-2H3/b8-7-,11-10-,17-16-. The first-order chi connectivity index (χ1) is 10.3. The molecule has 0 amide bonds. The highest BCUT2D eigenvalue weighted by Gasteiger charge is 1.92. The van der Waals surface area contributed by atoms with Crippen molar-refractivity contribution < 1.29 is 9.53 Å². The largest absolute Gasteiger partial charge is 0.469 e. The Morgan fingerprint density at radius 1 is 0.810 bits per heavy atom. The molecule has 0 bridgehead atoms. The Balaban J connectivity index is 3.30. The van der Waals surface area contributed by atoms with Crippen molar-refractivity contribution in [1.82, 2.24) is 0 Å². The minimum atomic E-state index is -0.170. The predicted molar refractivity (Wildman–Crippen MR) is 91.3 cm³/mol. The summed E-state index contributed by atoms with van der Waals surface area (Å²) in [6.07, 6.45) is 24.3. The first-order valence-corrected chi connectivity index (χ1v) is 8.33. The van der Waals surface area contributed by atoms with Crippen LogP contribution in [0, 0.1) is 0 Å². The van der Waals surface area contributed by atoms with E-state index in [4.69, 9.17) is 0 Å². The van der Waals surface area contributed by atoms with E-state index in [1.54, 1.807) is 0 Å². The van der Waals surface area contributed by atoms with Gasteiger partial charge in [0.05, 0.1) is 13.5 Å². The molecule has 0 aliphatic carbocycles. The Morgan fingerprint density at radius 2 is 1.33 bits per heavy atom. The Labute approximate surface area is 131 Å². The van der Waals surface area contributed by atoms with Crippen molar-refractivity contribution in [3.63, 3.8) is 0 Å². The number of hydrogen-bond donors (Lipinski definition) is 0. The van der Waals surface area contributed by atoms with Crippen LogP contribution in [-0.4, -0.2) is 13.1 Å². The summed E-state index contributed by atoms with van der Waals surface area (Å²) in [7, 11) is 1.42. The molecule has 0 saturated heterocycles. The fraction of sp³-hybridized carbons (Fsp3) is 0.632. The topological polar surface area (TPSA) is 26.3 Å². The lowest BCUT2D eigenvalue weighted by atomic mass is 10.1. The molecule has 0 aromatic heterocycles. The van der Waals surface area contributed by atoms with Crippen LogP contribution in [0.25, 0.3) is 0 Å². The van der Waals surface area contributed by atoms with E-state index < -0.39 is 0 Å². The van der Waals surface area contributed by atoms with E-state index in [-0.39, 0.29) is 5.97 Å². The van der Waals surface area contributed by atoms with Crippen LogP contribution < -0.4 is 0 Å². The van der Waals surface area contributed by atoms with Gasteiger partial charge in [-0.15, -0.1) is 0 Å². The summed E-state index contributed by atoms with van der Waals surface area (Å²) in [4.78, 5) is 10.9. The second kappa shape index (κ2) is 16.7. The predicted octanol–water partition coefficient (Wildman–Crippen LogP) is 5.75. The Hall–Kier alpha value is -1.31. The maximum Gasteiger partial charge on any atom is 0.309 e. The zero-order valence-corrected chi connectivity index (χ0v) is 13.9. The van der Waals surface area contributed by atoms with Gasteiger partial charge in [0.1, 0.15) is 0 Å². The van der Waals surface area contributed by atoms with Crippen molar-refractivity contribution >= 4 is 5.97 Å². The second-order valence-corrected chi connectivity index (χ2v) is 5.21. The summed E-state index contributed by atoms with van der Waals surface area (Å²) < 4.78 is 4.56. The number of unbranched alkanes of at least 4 members (excludes halogenated alkanes) is 6. The molecule has 0 fully saturated rings. The van der Waals surface area contributed by atoms with Gasteiger partial charge in [-0.05, 0) is 44.9 Å². The minimum Gasteiger partial charge on any atom is -0.469 e. The summed E-state index contributed by atoms with van der Waals surface area (Å²) in [5.41, 5.74) is 0. The summed E-state index contributed by atoms with van der Waals surface area (Å²) >= 11 is 0. The van der Waals surface area contributed by atoms with Gasteiger partial charge in [-0.2, -0.15) is 0 Å². The highest BCUT2D eigenvalue weighted by atomic mass is 16.5. The number of ether oxygens (including phenoxy) is 1. The van der Waals surface area contributed by atoms with Crippen molar-refractivity contribution in [2.75, 3.05) is 7.11 Å². The molecule has 21 heavy (non-hydrogen) atoms. The van der Waals surface area contributed by atoms with Crippen LogP contribution in [0.1, 0.15) is 71.1 Å². The maximum absolute atomic E-state index is 10.9. The number of methoxy groups -OCH3 is 1. The van der Waals surface area contributed by atoms with Crippen LogP contribution in [-0.2, 0) is 9.53 Å². The van der Waals surface area contributed by atoms with Gasteiger partial charge in [-0.3, -0.25) is 4.79 Å². The lowest BCUT2D eigenvalue weighted by Crippen LogP contribution is -1.96. The third-order valence-electron chi connectivity index (χ3n) is 3.25. The molecule has 0 aliphatic heterocycles. The molecule has 0 spiro atoms. The van der Waals surface area contributed by atoms with Crippen molar-refractivity contribution in [1.29, 1.82) is 0 Å². The molecule has 2 heteroatoms. The summed E-state index contributed by atoms with van der Waals surface area (Å²) in [6, 6.07) is 0. The molecule has 0 atom stereocenters. The lowest BCUT2D eigenvalue weighted by molar-refractivity contribution is -0.139. The van der Waals surface area contributed by atoms with E-state index >= 15 is 0 Å². The van der Waals surface area contributed by atoms with Crippen molar-refractivity contribution in [3.05, 3.63) is 36.5 Å². The van der Waals surface area contributed by atoms with E-state index in [9.17, 15) is 4.79 Å². The molecule has 0 aromatic carbocycles. The Kier molecular flexibility index (Phi) is 15.7. The van der Waals surface area contributed by atoms with Crippen molar-refractivity contribution in [3.8, 4) is 0 Å². The van der Waals surface area contributed by atoms with Crippen LogP contribution in [0.5, 0.6) is 0 Å². The fourth-order valence-corrected chi connectivity index (χ4v) is 1.92. The number of rotatable bonds is 13. The van der Waals surface area contributed by atoms with Gasteiger partial charge < -0.3 is 4.74 Å². The fourth-order valence-electron chi connectivity index (χ4n) is 1.92. The second-order valence-electron chi connectivity index (χ2n) is 5.21. The van der Waals surface area contributed by atoms with E-state index in [0.717, 1.165) is 19.3 Å². The van der Waals surface area contributed by atoms with E-state index in [1.165, 1.54) is 45.6 Å². The number of carbonyl (C=O) groups excluding carboxylic acids is 1. The van der Waals surface area contributed by atoms with Gasteiger partial charge in [0.2, 0.25) is 0 Å². The van der Waals surface area contributed by atoms with Crippen LogP contribution in [0.3, 0.4) is 0 Å².